The Morgan fingerprint density at radius 1 is 0.724 bits per heavy atom. The van der Waals surface area contributed by atoms with Crippen LogP contribution in [0.4, 0.5) is 0 Å². The fraction of sp³-hybridized carbons (Fsp3) is 0.185. The Hall–Kier alpha value is -3.26. The molecule has 2 aromatic rings. The number of hydrogen-bond acceptors (Lipinski definition) is 2. The summed E-state index contributed by atoms with van der Waals surface area (Å²) in [5, 5.41) is 20.0. The highest BCUT2D eigenvalue weighted by Crippen LogP contribution is 2.51. The second kappa shape index (κ2) is 8.00. The molecule has 0 spiro atoms. The Balaban J connectivity index is 2.02. The molecule has 2 heteroatoms. The summed E-state index contributed by atoms with van der Waals surface area (Å²) in [5.74, 6) is 1.04. The number of benzene rings is 2. The molecule has 0 amide bonds. The summed E-state index contributed by atoms with van der Waals surface area (Å²) in [6.07, 6.45) is 18.5. The number of allylic oxidation sites excluding steroid dienone is 9. The van der Waals surface area contributed by atoms with E-state index in [1.54, 1.807) is 24.3 Å². The van der Waals surface area contributed by atoms with Gasteiger partial charge in [0.25, 0.3) is 0 Å². The number of aromatic hydroxyl groups is 1. The van der Waals surface area contributed by atoms with Crippen LogP contribution < -0.4 is 0 Å². The molecule has 0 radical (unpaired) electrons. The predicted octanol–water partition coefficient (Wildman–Crippen LogP) is 6.24. The van der Waals surface area contributed by atoms with Crippen LogP contribution in [0, 0.1) is 17.8 Å². The average molecular weight is 383 g/mol. The molecule has 2 aliphatic rings. The first kappa shape index (κ1) is 19.1. The van der Waals surface area contributed by atoms with Crippen molar-refractivity contribution < 1.29 is 10.2 Å². The van der Waals surface area contributed by atoms with Crippen LogP contribution in [0.2, 0.25) is 0 Å². The molecule has 0 heterocycles. The van der Waals surface area contributed by atoms with Gasteiger partial charge in [0.05, 0.1) is 0 Å². The molecule has 0 aromatic heterocycles. The maximum absolute atomic E-state index is 10.1. The summed E-state index contributed by atoms with van der Waals surface area (Å²) in [5.41, 5.74) is 1.95. The number of aliphatic hydroxyl groups excluding tert-OH is 1. The van der Waals surface area contributed by atoms with Crippen molar-refractivity contribution in [3.63, 3.8) is 0 Å². The molecule has 4 atom stereocenters. The van der Waals surface area contributed by atoms with E-state index in [1.807, 2.05) is 24.3 Å². The van der Waals surface area contributed by atoms with Crippen LogP contribution in [0.1, 0.15) is 18.1 Å². The van der Waals surface area contributed by atoms with E-state index < -0.39 is 5.41 Å². The monoisotopic (exact) mass is 382 g/mol. The van der Waals surface area contributed by atoms with Crippen molar-refractivity contribution in [2.45, 2.75) is 12.3 Å². The van der Waals surface area contributed by atoms with Gasteiger partial charge < -0.3 is 10.2 Å². The minimum atomic E-state index is -0.402. The first-order chi connectivity index (χ1) is 14.1. The van der Waals surface area contributed by atoms with Gasteiger partial charge in [0.1, 0.15) is 11.5 Å². The molecule has 0 saturated heterocycles. The first-order valence-corrected chi connectivity index (χ1v) is 10.1. The third kappa shape index (κ3) is 3.47. The van der Waals surface area contributed by atoms with Gasteiger partial charge in [-0.2, -0.15) is 0 Å². The highest BCUT2D eigenvalue weighted by molar-refractivity contribution is 5.49. The second-order valence-electron chi connectivity index (χ2n) is 7.80. The van der Waals surface area contributed by atoms with Crippen LogP contribution >= 0.6 is 0 Å². The highest BCUT2D eigenvalue weighted by atomic mass is 16.3. The zero-order chi connectivity index (χ0) is 20.3. The van der Waals surface area contributed by atoms with Gasteiger partial charge in [-0.15, -0.1) is 0 Å². The number of hydrogen-bond donors (Lipinski definition) is 2. The molecule has 2 aliphatic carbocycles. The van der Waals surface area contributed by atoms with Gasteiger partial charge in [-0.05, 0) is 47.2 Å². The Kier molecular flexibility index (Phi) is 5.26. The highest BCUT2D eigenvalue weighted by Gasteiger charge is 2.47. The van der Waals surface area contributed by atoms with Crippen molar-refractivity contribution in [1.82, 2.24) is 0 Å². The van der Waals surface area contributed by atoms with Crippen LogP contribution in [0.15, 0.2) is 115 Å². The number of phenols is 1. The quantitative estimate of drug-likeness (QED) is 0.657. The number of aliphatic hydroxyl groups is 1. The third-order valence-electron chi connectivity index (χ3n) is 6.12. The fourth-order valence-electron chi connectivity index (χ4n) is 4.79. The van der Waals surface area contributed by atoms with Crippen LogP contribution in [0.3, 0.4) is 0 Å². The van der Waals surface area contributed by atoms with Crippen LogP contribution in [-0.4, -0.2) is 10.2 Å². The van der Waals surface area contributed by atoms with Crippen molar-refractivity contribution in [2.75, 3.05) is 0 Å². The molecule has 0 bridgehead atoms. The van der Waals surface area contributed by atoms with Crippen molar-refractivity contribution in [3.8, 4) is 5.75 Å². The molecular formula is C27H26O2. The molecule has 2 aromatic carbocycles. The minimum Gasteiger partial charge on any atom is -0.508 e. The van der Waals surface area contributed by atoms with Gasteiger partial charge in [0, 0.05) is 11.3 Å². The van der Waals surface area contributed by atoms with E-state index in [-0.39, 0.29) is 23.3 Å². The van der Waals surface area contributed by atoms with E-state index in [1.165, 1.54) is 5.56 Å². The smallest absolute Gasteiger partial charge is 0.115 e. The van der Waals surface area contributed by atoms with Crippen molar-refractivity contribution in [2.24, 2.45) is 17.8 Å². The molecule has 0 saturated carbocycles. The van der Waals surface area contributed by atoms with Crippen molar-refractivity contribution in [1.29, 1.82) is 0 Å². The van der Waals surface area contributed by atoms with Gasteiger partial charge in [0.15, 0.2) is 0 Å². The Bertz CT molecular complexity index is 993. The van der Waals surface area contributed by atoms with E-state index in [4.69, 9.17) is 0 Å². The molecule has 29 heavy (non-hydrogen) atoms. The molecule has 4 unspecified atom stereocenters. The fourth-order valence-corrected chi connectivity index (χ4v) is 4.79. The maximum Gasteiger partial charge on any atom is 0.115 e. The first-order valence-electron chi connectivity index (χ1n) is 10.1. The summed E-state index contributed by atoms with van der Waals surface area (Å²) < 4.78 is 0. The normalized spacial score (nSPS) is 25.3. The number of rotatable bonds is 4. The van der Waals surface area contributed by atoms with Gasteiger partial charge in [-0.3, -0.25) is 0 Å². The van der Waals surface area contributed by atoms with Gasteiger partial charge in [0.2, 0.25) is 0 Å². The van der Waals surface area contributed by atoms with Crippen molar-refractivity contribution in [3.05, 3.63) is 126 Å². The summed E-state index contributed by atoms with van der Waals surface area (Å²) >= 11 is 0. The standard InChI is InChI=1S/C27H26O2/c1-20-8-5-6-13-26(20)27(21-9-3-2-4-10-21,23-15-18-25(29)19-16-23)22-11-7-12-24(28)17-14-22/h2-20,22,26,28-29H,1H3. The predicted molar refractivity (Wildman–Crippen MR) is 119 cm³/mol. The zero-order valence-corrected chi connectivity index (χ0v) is 16.5. The second-order valence-corrected chi connectivity index (χ2v) is 7.80. The van der Waals surface area contributed by atoms with E-state index in [0.29, 0.717) is 5.92 Å². The SMILES string of the molecule is CC1C=CC=CC1C(c1ccccc1)(c1ccc(O)cc1)C1C=CC=C(O)C=C1. The molecule has 4 rings (SSSR count). The lowest BCUT2D eigenvalue weighted by Gasteiger charge is -2.47. The Morgan fingerprint density at radius 2 is 1.41 bits per heavy atom. The lowest BCUT2D eigenvalue weighted by atomic mass is 9.55. The van der Waals surface area contributed by atoms with E-state index in [9.17, 15) is 10.2 Å². The van der Waals surface area contributed by atoms with E-state index in [0.717, 1.165) is 5.56 Å². The lowest BCUT2D eigenvalue weighted by molar-refractivity contribution is 0.277. The molecule has 2 nitrogen and oxygen atoms in total. The minimum absolute atomic E-state index is 0.0129. The summed E-state index contributed by atoms with van der Waals surface area (Å²) in [4.78, 5) is 0. The summed E-state index contributed by atoms with van der Waals surface area (Å²) in [6, 6.07) is 18.2. The third-order valence-corrected chi connectivity index (χ3v) is 6.12. The molecule has 0 aliphatic heterocycles. The van der Waals surface area contributed by atoms with E-state index in [2.05, 4.69) is 67.6 Å². The molecular weight excluding hydrogens is 356 g/mol. The maximum atomic E-state index is 10.1. The number of phenolic OH excluding ortho intramolecular Hbond substituents is 1. The van der Waals surface area contributed by atoms with Crippen LogP contribution in [0.5, 0.6) is 5.75 Å². The van der Waals surface area contributed by atoms with E-state index >= 15 is 0 Å². The van der Waals surface area contributed by atoms with Gasteiger partial charge in [-0.25, -0.2) is 0 Å². The summed E-state index contributed by atoms with van der Waals surface area (Å²) in [7, 11) is 0. The zero-order valence-electron chi connectivity index (χ0n) is 16.5. The van der Waals surface area contributed by atoms with Gasteiger partial charge >= 0.3 is 0 Å². The van der Waals surface area contributed by atoms with Gasteiger partial charge in [-0.1, -0.05) is 91.9 Å². The summed E-state index contributed by atoms with van der Waals surface area (Å²) in [6.45, 7) is 2.25. The molecule has 0 fully saturated rings. The average Bonchev–Trinajstić information content (AvgIpc) is 2.97. The largest absolute Gasteiger partial charge is 0.508 e. The topological polar surface area (TPSA) is 40.5 Å². The van der Waals surface area contributed by atoms with Crippen LogP contribution in [-0.2, 0) is 5.41 Å². The Morgan fingerprint density at radius 3 is 2.14 bits per heavy atom. The van der Waals surface area contributed by atoms with Crippen LogP contribution in [0.25, 0.3) is 0 Å². The Labute approximate surface area is 172 Å². The lowest BCUT2D eigenvalue weighted by Crippen LogP contribution is -2.44. The van der Waals surface area contributed by atoms with Crippen molar-refractivity contribution >= 4 is 0 Å². The molecule has 146 valence electrons. The molecule has 2 N–H and O–H groups in total.